The maximum Gasteiger partial charge on any atom is 0.318 e. The average Bonchev–Trinajstić information content (AvgIpc) is 2.79. The lowest BCUT2D eigenvalue weighted by atomic mass is 10.3. The van der Waals surface area contributed by atoms with Gasteiger partial charge in [-0.1, -0.05) is 6.92 Å². The number of nitrogens with one attached hydrogen (secondary N) is 2. The molecular formula is C11H21N3O2. The molecule has 0 bridgehead atoms. The van der Waals surface area contributed by atoms with Gasteiger partial charge in [-0.15, -0.1) is 0 Å². The topological polar surface area (TPSA) is 61.4 Å². The van der Waals surface area contributed by atoms with Crippen molar-refractivity contribution in [3.63, 3.8) is 0 Å². The molecule has 1 aliphatic heterocycles. The summed E-state index contributed by atoms with van der Waals surface area (Å²) in [4.78, 5) is 24.9. The Labute approximate surface area is 96.6 Å². The smallest absolute Gasteiger partial charge is 0.318 e. The van der Waals surface area contributed by atoms with Gasteiger partial charge in [0.15, 0.2) is 0 Å². The quantitative estimate of drug-likeness (QED) is 0.743. The molecule has 0 aromatic carbocycles. The molecule has 1 aliphatic rings. The van der Waals surface area contributed by atoms with E-state index in [1.165, 1.54) is 0 Å². The van der Waals surface area contributed by atoms with Gasteiger partial charge in [0.25, 0.3) is 0 Å². The fraction of sp³-hybridized carbons (Fsp3) is 0.818. The Bertz CT molecular complexity index is 250. The first-order chi connectivity index (χ1) is 7.65. The number of hydrogen-bond acceptors (Lipinski definition) is 2. The molecule has 1 atom stereocenters. The number of rotatable bonds is 4. The van der Waals surface area contributed by atoms with E-state index in [1.807, 2.05) is 6.92 Å². The first-order valence-corrected chi connectivity index (χ1v) is 5.98. The largest absolute Gasteiger partial charge is 0.354 e. The van der Waals surface area contributed by atoms with Crippen LogP contribution in [-0.4, -0.2) is 42.5 Å². The van der Waals surface area contributed by atoms with Crippen molar-refractivity contribution in [2.24, 2.45) is 0 Å². The van der Waals surface area contributed by atoms with Crippen LogP contribution in [0.3, 0.4) is 0 Å². The normalized spacial score (nSPS) is 17.0. The predicted octanol–water partition coefficient (Wildman–Crippen LogP) is 0.706. The fourth-order valence-corrected chi connectivity index (χ4v) is 1.66. The van der Waals surface area contributed by atoms with E-state index >= 15 is 0 Å². The first-order valence-electron chi connectivity index (χ1n) is 5.98. The molecular weight excluding hydrogens is 206 g/mol. The standard InChI is InChI=1S/C11H21N3O2/c1-3-6-12-10(15)9(2)13-11(16)14-7-4-5-8-14/h9H,3-8H2,1-2H3,(H,12,15)(H,13,16). The second-order valence-corrected chi connectivity index (χ2v) is 4.16. The predicted molar refractivity (Wildman–Crippen MR) is 62.1 cm³/mol. The first kappa shape index (κ1) is 12.8. The number of nitrogens with zero attached hydrogens (tertiary/aromatic N) is 1. The molecule has 3 amide bonds. The van der Waals surface area contributed by atoms with Crippen molar-refractivity contribution < 1.29 is 9.59 Å². The minimum atomic E-state index is -0.459. The SMILES string of the molecule is CCCNC(=O)C(C)NC(=O)N1CCCC1. The molecule has 0 saturated carbocycles. The third kappa shape index (κ3) is 3.72. The Hall–Kier alpha value is -1.26. The van der Waals surface area contributed by atoms with E-state index in [2.05, 4.69) is 10.6 Å². The zero-order valence-electron chi connectivity index (χ0n) is 10.1. The molecule has 0 aromatic rings. The molecule has 1 saturated heterocycles. The van der Waals surface area contributed by atoms with Gasteiger partial charge in [-0.25, -0.2) is 4.79 Å². The number of hydrogen-bond donors (Lipinski definition) is 2. The van der Waals surface area contributed by atoms with Crippen molar-refractivity contribution in [2.45, 2.75) is 39.2 Å². The van der Waals surface area contributed by atoms with E-state index in [9.17, 15) is 9.59 Å². The van der Waals surface area contributed by atoms with E-state index in [0.29, 0.717) is 6.54 Å². The van der Waals surface area contributed by atoms with E-state index in [4.69, 9.17) is 0 Å². The summed E-state index contributed by atoms with van der Waals surface area (Å²) in [6.07, 6.45) is 3.02. The van der Waals surface area contributed by atoms with Crippen LogP contribution in [0.5, 0.6) is 0 Å². The molecule has 92 valence electrons. The van der Waals surface area contributed by atoms with Crippen molar-refractivity contribution in [3.05, 3.63) is 0 Å². The summed E-state index contributed by atoms with van der Waals surface area (Å²) >= 11 is 0. The number of amides is 3. The summed E-state index contributed by atoms with van der Waals surface area (Å²) in [6, 6.07) is -0.587. The number of carbonyl (C=O) groups is 2. The monoisotopic (exact) mass is 227 g/mol. The lowest BCUT2D eigenvalue weighted by Crippen LogP contribution is -2.49. The number of carbonyl (C=O) groups excluding carboxylic acids is 2. The van der Waals surface area contributed by atoms with Crippen LogP contribution in [0.2, 0.25) is 0 Å². The van der Waals surface area contributed by atoms with Crippen molar-refractivity contribution >= 4 is 11.9 Å². The molecule has 5 heteroatoms. The van der Waals surface area contributed by atoms with Crippen molar-refractivity contribution in [3.8, 4) is 0 Å². The Morgan fingerprint density at radius 1 is 1.31 bits per heavy atom. The van der Waals surface area contributed by atoms with Gasteiger partial charge >= 0.3 is 6.03 Å². The van der Waals surface area contributed by atoms with Crippen LogP contribution in [0.25, 0.3) is 0 Å². The van der Waals surface area contributed by atoms with Gasteiger partial charge in [-0.3, -0.25) is 4.79 Å². The van der Waals surface area contributed by atoms with Crippen molar-refractivity contribution in [1.82, 2.24) is 15.5 Å². The molecule has 5 nitrogen and oxygen atoms in total. The van der Waals surface area contributed by atoms with Crippen LogP contribution in [0.15, 0.2) is 0 Å². The van der Waals surface area contributed by atoms with Gasteiger partial charge < -0.3 is 15.5 Å². The van der Waals surface area contributed by atoms with Crippen LogP contribution < -0.4 is 10.6 Å². The van der Waals surface area contributed by atoms with Crippen molar-refractivity contribution in [2.75, 3.05) is 19.6 Å². The number of urea groups is 1. The maximum atomic E-state index is 11.7. The molecule has 0 aliphatic carbocycles. The Morgan fingerprint density at radius 3 is 2.50 bits per heavy atom. The Kier molecular flexibility index (Phi) is 5.08. The van der Waals surface area contributed by atoms with Gasteiger partial charge in [0.2, 0.25) is 5.91 Å². The highest BCUT2D eigenvalue weighted by Gasteiger charge is 2.21. The highest BCUT2D eigenvalue weighted by atomic mass is 16.2. The summed E-state index contributed by atoms with van der Waals surface area (Å²) in [5.74, 6) is -0.116. The van der Waals surface area contributed by atoms with Gasteiger partial charge in [0.1, 0.15) is 6.04 Å². The second kappa shape index (κ2) is 6.35. The Morgan fingerprint density at radius 2 is 1.94 bits per heavy atom. The molecule has 2 N–H and O–H groups in total. The molecule has 1 fully saturated rings. The van der Waals surface area contributed by atoms with Crippen molar-refractivity contribution in [1.29, 1.82) is 0 Å². The summed E-state index contributed by atoms with van der Waals surface area (Å²) in [6.45, 7) is 5.96. The fourth-order valence-electron chi connectivity index (χ4n) is 1.66. The third-order valence-corrected chi connectivity index (χ3v) is 2.68. The van der Waals surface area contributed by atoms with Crippen LogP contribution in [0, 0.1) is 0 Å². The summed E-state index contributed by atoms with van der Waals surface area (Å²) in [5.41, 5.74) is 0. The lowest BCUT2D eigenvalue weighted by Gasteiger charge is -2.19. The zero-order chi connectivity index (χ0) is 12.0. The molecule has 1 heterocycles. The minimum absolute atomic E-state index is 0.116. The Balaban J connectivity index is 2.29. The summed E-state index contributed by atoms with van der Waals surface area (Å²) in [5, 5.41) is 5.46. The third-order valence-electron chi connectivity index (χ3n) is 2.68. The molecule has 0 radical (unpaired) electrons. The van der Waals surface area contributed by atoms with E-state index in [0.717, 1.165) is 32.4 Å². The van der Waals surface area contributed by atoms with Gasteiger partial charge in [0.05, 0.1) is 0 Å². The van der Waals surface area contributed by atoms with E-state index in [1.54, 1.807) is 11.8 Å². The van der Waals surface area contributed by atoms with Crippen LogP contribution in [-0.2, 0) is 4.79 Å². The summed E-state index contributed by atoms with van der Waals surface area (Å²) < 4.78 is 0. The molecule has 16 heavy (non-hydrogen) atoms. The lowest BCUT2D eigenvalue weighted by molar-refractivity contribution is -0.122. The molecule has 1 unspecified atom stereocenters. The minimum Gasteiger partial charge on any atom is -0.354 e. The van der Waals surface area contributed by atoms with Crippen LogP contribution in [0.4, 0.5) is 4.79 Å². The van der Waals surface area contributed by atoms with E-state index < -0.39 is 6.04 Å². The van der Waals surface area contributed by atoms with Gasteiger partial charge in [-0.2, -0.15) is 0 Å². The number of likely N-dealkylation sites (tertiary alicyclic amines) is 1. The van der Waals surface area contributed by atoms with Gasteiger partial charge in [-0.05, 0) is 26.2 Å². The second-order valence-electron chi connectivity index (χ2n) is 4.16. The molecule has 0 aromatic heterocycles. The van der Waals surface area contributed by atoms with Crippen LogP contribution >= 0.6 is 0 Å². The average molecular weight is 227 g/mol. The molecule has 0 spiro atoms. The maximum absolute atomic E-state index is 11.7. The summed E-state index contributed by atoms with van der Waals surface area (Å²) in [7, 11) is 0. The van der Waals surface area contributed by atoms with Gasteiger partial charge in [0, 0.05) is 19.6 Å². The zero-order valence-corrected chi connectivity index (χ0v) is 10.1. The highest BCUT2D eigenvalue weighted by Crippen LogP contribution is 2.07. The highest BCUT2D eigenvalue weighted by molar-refractivity contribution is 5.86. The molecule has 1 rings (SSSR count). The van der Waals surface area contributed by atoms with Crippen LogP contribution in [0.1, 0.15) is 33.1 Å². The van der Waals surface area contributed by atoms with E-state index in [-0.39, 0.29) is 11.9 Å².